The Morgan fingerprint density at radius 1 is 1.11 bits per heavy atom. The number of halogens is 2. The van der Waals surface area contributed by atoms with Crippen LogP contribution in [-0.4, -0.2) is 65.3 Å². The van der Waals surface area contributed by atoms with Crippen LogP contribution in [0.2, 0.25) is 0 Å². The van der Waals surface area contributed by atoms with E-state index in [1.54, 1.807) is 16.1 Å². The molecule has 0 radical (unpaired) electrons. The van der Waals surface area contributed by atoms with Gasteiger partial charge in [0.1, 0.15) is 11.7 Å². The molecule has 0 saturated heterocycles. The third-order valence-corrected chi connectivity index (χ3v) is 5.69. The summed E-state index contributed by atoms with van der Waals surface area (Å²) >= 11 is 4.40. The fourth-order valence-corrected chi connectivity index (χ4v) is 4.16. The lowest BCUT2D eigenvalue weighted by Crippen LogP contribution is -2.16. The van der Waals surface area contributed by atoms with Crippen LogP contribution in [0.5, 0.6) is 0 Å². The van der Waals surface area contributed by atoms with Crippen molar-refractivity contribution < 1.29 is 9.50 Å². The maximum absolute atomic E-state index is 12.3. The number of pyridine rings is 1. The first-order valence-electron chi connectivity index (χ1n) is 11.9. The third kappa shape index (κ3) is 8.35. The number of hydrogen-bond donors (Lipinski definition) is 2. The first kappa shape index (κ1) is 30.4. The van der Waals surface area contributed by atoms with Crippen molar-refractivity contribution in [3.8, 4) is 11.1 Å². The predicted molar refractivity (Wildman–Crippen MR) is 152 cm³/mol. The van der Waals surface area contributed by atoms with Gasteiger partial charge in [-0.05, 0) is 36.5 Å². The van der Waals surface area contributed by atoms with Crippen LogP contribution in [-0.2, 0) is 20.0 Å². The average Bonchev–Trinajstić information content (AvgIpc) is 3.64. The maximum atomic E-state index is 12.3. The van der Waals surface area contributed by atoms with Crippen LogP contribution in [0.3, 0.4) is 0 Å². The van der Waals surface area contributed by atoms with Crippen LogP contribution in [0.15, 0.2) is 42.9 Å². The second-order valence-corrected chi connectivity index (χ2v) is 8.36. The van der Waals surface area contributed by atoms with Crippen molar-refractivity contribution in [1.29, 1.82) is 0 Å². The van der Waals surface area contributed by atoms with E-state index in [4.69, 9.17) is 5.11 Å². The summed E-state index contributed by atoms with van der Waals surface area (Å²) in [6, 6.07) is 8.32. The average molecular weight is 594 g/mol. The topological polar surface area (TPSA) is 106 Å². The fraction of sp³-hybridized carbons (Fsp3) is 0.400. The van der Waals surface area contributed by atoms with Crippen LogP contribution in [0.4, 0.5) is 4.39 Å². The molecule has 2 N–H and O–H groups in total. The van der Waals surface area contributed by atoms with E-state index in [2.05, 4.69) is 64.8 Å². The zero-order valence-electron chi connectivity index (χ0n) is 21.8. The predicted octanol–water partition coefficient (Wildman–Crippen LogP) is 4.82. The van der Waals surface area contributed by atoms with Gasteiger partial charge in [0.05, 0.1) is 11.7 Å². The molecule has 0 bridgehead atoms. The first-order chi connectivity index (χ1) is 18.1. The number of aryl methyl sites for hydroxylation is 1. The van der Waals surface area contributed by atoms with E-state index in [-0.39, 0.29) is 6.61 Å². The summed E-state index contributed by atoms with van der Waals surface area (Å²) in [5.74, 6) is 2.58. The summed E-state index contributed by atoms with van der Waals surface area (Å²) in [5.41, 5.74) is 4.11. The molecule has 0 aliphatic rings. The van der Waals surface area contributed by atoms with Gasteiger partial charge in [-0.2, -0.15) is 14.7 Å². The largest absolute Gasteiger partial charge is 0.397 e. The van der Waals surface area contributed by atoms with Crippen LogP contribution in [0.25, 0.3) is 27.0 Å². The van der Waals surface area contributed by atoms with E-state index < -0.39 is 6.67 Å². The van der Waals surface area contributed by atoms with E-state index >= 15 is 0 Å². The van der Waals surface area contributed by atoms with Gasteiger partial charge in [0.2, 0.25) is 4.96 Å². The Labute approximate surface area is 228 Å². The number of rotatable bonds is 7. The lowest BCUT2D eigenvalue weighted by molar-refractivity contribution is 0.318. The SMILES string of the molecule is CBr.CC.CCO.Cn1cc(-c2cnc3ccc(Cc4nnc5sc(CNCCF)nn45)cc3c2)cn1. The minimum absolute atomic E-state index is 0.250. The summed E-state index contributed by atoms with van der Waals surface area (Å²) in [5, 5.41) is 29.8. The van der Waals surface area contributed by atoms with E-state index in [0.717, 1.165) is 43.4 Å². The summed E-state index contributed by atoms with van der Waals surface area (Å²) in [6.45, 7) is 6.38. The highest BCUT2D eigenvalue weighted by atomic mass is 79.9. The van der Waals surface area contributed by atoms with Crippen LogP contribution < -0.4 is 5.32 Å². The van der Waals surface area contributed by atoms with Gasteiger partial charge in [0, 0.05) is 62.1 Å². The molecule has 1 aromatic carbocycles. The number of benzene rings is 1. The highest BCUT2D eigenvalue weighted by Gasteiger charge is 2.13. The minimum Gasteiger partial charge on any atom is -0.397 e. The van der Waals surface area contributed by atoms with Crippen molar-refractivity contribution >= 4 is 43.1 Å². The molecular formula is C25H34BrFN8OS. The Hall–Kier alpha value is -2.80. The van der Waals surface area contributed by atoms with Gasteiger partial charge in [0.25, 0.3) is 0 Å². The molecule has 0 unspecified atom stereocenters. The number of hydrogen-bond acceptors (Lipinski definition) is 8. The van der Waals surface area contributed by atoms with E-state index in [1.165, 1.54) is 11.3 Å². The number of aromatic nitrogens is 7. The second-order valence-electron chi connectivity index (χ2n) is 7.32. The first-order valence-corrected chi connectivity index (χ1v) is 14.3. The van der Waals surface area contributed by atoms with Crippen molar-refractivity contribution in [3.63, 3.8) is 0 Å². The summed E-state index contributed by atoms with van der Waals surface area (Å²) < 4.78 is 15.8. The van der Waals surface area contributed by atoms with Gasteiger partial charge in [-0.25, -0.2) is 4.39 Å². The number of nitrogens with zero attached hydrogens (tertiary/aromatic N) is 7. The number of fused-ring (bicyclic) bond motifs is 2. The van der Waals surface area contributed by atoms with Crippen LogP contribution in [0.1, 0.15) is 37.2 Å². The zero-order valence-corrected chi connectivity index (χ0v) is 24.2. The molecule has 0 aliphatic carbocycles. The summed E-state index contributed by atoms with van der Waals surface area (Å²) in [7, 11) is 1.90. The minimum atomic E-state index is -0.394. The lowest BCUT2D eigenvalue weighted by atomic mass is 10.0. The standard InChI is InChI=1S/C20H19FN8S.C2H6O.C2H6.CH3Br/c1-28-12-16(10-24-28)15-8-14-6-13(2-3-17(14)23-9-15)7-18-25-26-20-29(18)27-19(30-20)11-22-5-4-21;1-2-3;2*1-2/h2-3,6,8-10,12,22H,4-5,7,11H2,1H3;3H,2H2,1H3;1-2H3;1H3. The van der Waals surface area contributed by atoms with Gasteiger partial charge in [-0.15, -0.1) is 10.2 Å². The maximum Gasteiger partial charge on any atom is 0.234 e. The van der Waals surface area contributed by atoms with Crippen molar-refractivity contribution in [1.82, 2.24) is 39.9 Å². The monoisotopic (exact) mass is 592 g/mol. The molecule has 200 valence electrons. The quantitative estimate of drug-likeness (QED) is 0.206. The molecular weight excluding hydrogens is 559 g/mol. The Kier molecular flexibility index (Phi) is 13.3. The Balaban J connectivity index is 0.000000630. The number of nitrogens with one attached hydrogen (secondary N) is 1. The molecule has 0 amide bonds. The third-order valence-electron chi connectivity index (χ3n) is 4.79. The Morgan fingerprint density at radius 3 is 2.54 bits per heavy atom. The van der Waals surface area contributed by atoms with Gasteiger partial charge in [-0.3, -0.25) is 9.67 Å². The molecule has 0 aliphatic heterocycles. The van der Waals surface area contributed by atoms with Gasteiger partial charge < -0.3 is 10.4 Å². The number of aliphatic hydroxyl groups is 1. The molecule has 5 aromatic rings. The molecule has 37 heavy (non-hydrogen) atoms. The van der Waals surface area contributed by atoms with Crippen molar-refractivity contribution in [3.05, 3.63) is 59.3 Å². The molecule has 0 spiro atoms. The molecule has 4 heterocycles. The van der Waals surface area contributed by atoms with Crippen molar-refractivity contribution in [2.24, 2.45) is 7.05 Å². The van der Waals surface area contributed by atoms with Crippen LogP contribution >= 0.6 is 27.3 Å². The van der Waals surface area contributed by atoms with E-state index in [0.29, 0.717) is 19.5 Å². The second kappa shape index (κ2) is 16.1. The van der Waals surface area contributed by atoms with E-state index in [9.17, 15) is 4.39 Å². The van der Waals surface area contributed by atoms with Crippen molar-refractivity contribution in [2.45, 2.75) is 33.7 Å². The normalized spacial score (nSPS) is 10.3. The van der Waals surface area contributed by atoms with E-state index in [1.807, 2.05) is 51.4 Å². The summed E-state index contributed by atoms with van der Waals surface area (Å²) in [4.78, 5) is 5.32. The van der Waals surface area contributed by atoms with Gasteiger partial charge in [-0.1, -0.05) is 47.2 Å². The highest BCUT2D eigenvalue weighted by Crippen LogP contribution is 2.24. The smallest absolute Gasteiger partial charge is 0.234 e. The molecule has 5 rings (SSSR count). The fourth-order valence-electron chi connectivity index (χ4n) is 3.34. The number of aliphatic hydroxyl groups excluding tert-OH is 1. The molecule has 12 heteroatoms. The lowest BCUT2D eigenvalue weighted by Gasteiger charge is -2.04. The van der Waals surface area contributed by atoms with Crippen molar-refractivity contribution in [2.75, 3.05) is 25.7 Å². The number of alkyl halides is 2. The van der Waals surface area contributed by atoms with Gasteiger partial charge in [0.15, 0.2) is 5.82 Å². The molecule has 0 fully saturated rings. The Bertz CT molecular complexity index is 1350. The highest BCUT2D eigenvalue weighted by molar-refractivity contribution is 9.08. The zero-order chi connectivity index (χ0) is 27.2. The molecule has 0 atom stereocenters. The molecule has 4 aromatic heterocycles. The van der Waals surface area contributed by atoms with Crippen LogP contribution in [0, 0.1) is 0 Å². The summed E-state index contributed by atoms with van der Waals surface area (Å²) in [6.07, 6.45) is 6.29. The van der Waals surface area contributed by atoms with Gasteiger partial charge >= 0.3 is 0 Å². The molecule has 9 nitrogen and oxygen atoms in total. The molecule has 0 saturated carbocycles. The Morgan fingerprint density at radius 2 is 1.86 bits per heavy atom.